The number of carbonyl (C=O) groups is 1. The lowest BCUT2D eigenvalue weighted by atomic mass is 10.0. The van der Waals surface area contributed by atoms with E-state index >= 15 is 0 Å². The largest absolute Gasteiger partial charge is 0.350 e. The molecule has 0 radical (unpaired) electrons. The summed E-state index contributed by atoms with van der Waals surface area (Å²) in [6.07, 6.45) is 4.96. The first-order chi connectivity index (χ1) is 12.6. The summed E-state index contributed by atoms with van der Waals surface area (Å²) in [5, 5.41) is 3.89. The van der Waals surface area contributed by atoms with E-state index in [0.717, 1.165) is 29.2 Å². The molecular weight excluding hydrogens is 344 g/mol. The molecule has 0 saturated carbocycles. The molecule has 1 atom stereocenters. The molecule has 3 rings (SSSR count). The number of halogens is 1. The van der Waals surface area contributed by atoms with Gasteiger partial charge in [0.25, 0.3) is 5.91 Å². The van der Waals surface area contributed by atoms with Gasteiger partial charge in [0.2, 0.25) is 0 Å². The first-order valence-corrected chi connectivity index (χ1v) is 9.86. The van der Waals surface area contributed by atoms with E-state index in [2.05, 4.69) is 16.3 Å². The van der Waals surface area contributed by atoms with Crippen molar-refractivity contribution >= 4 is 17.5 Å². The van der Waals surface area contributed by atoms with E-state index in [4.69, 9.17) is 11.6 Å². The number of benzene rings is 2. The van der Waals surface area contributed by atoms with E-state index in [-0.39, 0.29) is 11.9 Å². The highest BCUT2D eigenvalue weighted by Gasteiger charge is 2.24. The van der Waals surface area contributed by atoms with Gasteiger partial charge in [-0.2, -0.15) is 0 Å². The molecule has 2 aromatic rings. The number of nitrogens with one attached hydrogen (secondary N) is 1. The highest BCUT2D eigenvalue weighted by molar-refractivity contribution is 6.31. The minimum absolute atomic E-state index is 0.0307. The van der Waals surface area contributed by atoms with Crippen LogP contribution in [0.2, 0.25) is 5.02 Å². The van der Waals surface area contributed by atoms with Gasteiger partial charge in [-0.25, -0.2) is 0 Å². The average Bonchev–Trinajstić information content (AvgIpc) is 2.93. The molecular formula is C22H27ClN2O. The van der Waals surface area contributed by atoms with E-state index < -0.39 is 0 Å². The maximum Gasteiger partial charge on any atom is 0.251 e. The van der Waals surface area contributed by atoms with Crippen molar-refractivity contribution in [2.75, 3.05) is 19.6 Å². The van der Waals surface area contributed by atoms with Crippen LogP contribution in [0.3, 0.4) is 0 Å². The van der Waals surface area contributed by atoms with E-state index in [1.807, 2.05) is 49.4 Å². The lowest BCUT2D eigenvalue weighted by Crippen LogP contribution is -2.38. The van der Waals surface area contributed by atoms with Crippen LogP contribution in [0.25, 0.3) is 0 Å². The number of rotatable bonds is 5. The van der Waals surface area contributed by atoms with Crippen LogP contribution in [0.5, 0.6) is 0 Å². The predicted molar refractivity (Wildman–Crippen MR) is 108 cm³/mol. The van der Waals surface area contributed by atoms with Crippen molar-refractivity contribution in [3.63, 3.8) is 0 Å². The van der Waals surface area contributed by atoms with E-state index in [1.165, 1.54) is 25.7 Å². The molecule has 2 aromatic carbocycles. The lowest BCUT2D eigenvalue weighted by molar-refractivity contribution is 0.0933. The molecule has 1 heterocycles. The third-order valence-electron chi connectivity index (χ3n) is 5.12. The fourth-order valence-corrected chi connectivity index (χ4v) is 3.85. The summed E-state index contributed by atoms with van der Waals surface area (Å²) < 4.78 is 0. The van der Waals surface area contributed by atoms with Crippen molar-refractivity contribution in [1.29, 1.82) is 0 Å². The maximum absolute atomic E-state index is 12.6. The summed E-state index contributed by atoms with van der Waals surface area (Å²) in [5.74, 6) is -0.0307. The minimum Gasteiger partial charge on any atom is -0.350 e. The van der Waals surface area contributed by atoms with Gasteiger partial charge < -0.3 is 5.32 Å². The van der Waals surface area contributed by atoms with Gasteiger partial charge in [-0.15, -0.1) is 0 Å². The zero-order chi connectivity index (χ0) is 18.4. The van der Waals surface area contributed by atoms with Crippen LogP contribution in [0.1, 0.15) is 53.2 Å². The quantitative estimate of drug-likeness (QED) is 0.803. The van der Waals surface area contributed by atoms with Crippen LogP contribution in [0.4, 0.5) is 0 Å². The molecule has 0 aliphatic carbocycles. The summed E-state index contributed by atoms with van der Waals surface area (Å²) >= 11 is 6.49. The smallest absolute Gasteiger partial charge is 0.251 e. The fourth-order valence-electron chi connectivity index (χ4n) is 3.58. The molecule has 1 aliphatic rings. The second kappa shape index (κ2) is 9.20. The highest BCUT2D eigenvalue weighted by atomic mass is 35.5. The van der Waals surface area contributed by atoms with Crippen molar-refractivity contribution in [3.05, 3.63) is 70.2 Å². The number of carbonyl (C=O) groups excluding carboxylic acids is 1. The van der Waals surface area contributed by atoms with Gasteiger partial charge in [0.05, 0.1) is 6.04 Å². The van der Waals surface area contributed by atoms with Gasteiger partial charge in [-0.05, 0) is 56.6 Å². The van der Waals surface area contributed by atoms with Crippen molar-refractivity contribution in [2.45, 2.75) is 38.6 Å². The third-order valence-corrected chi connectivity index (χ3v) is 5.46. The molecule has 0 spiro atoms. The molecule has 1 amide bonds. The van der Waals surface area contributed by atoms with Crippen molar-refractivity contribution in [2.24, 2.45) is 0 Å². The number of hydrogen-bond donors (Lipinski definition) is 1. The predicted octanol–water partition coefficient (Wildman–Crippen LogP) is 5.00. The van der Waals surface area contributed by atoms with Crippen LogP contribution in [0.15, 0.2) is 48.5 Å². The summed E-state index contributed by atoms with van der Waals surface area (Å²) in [5.41, 5.74) is 2.95. The van der Waals surface area contributed by atoms with Gasteiger partial charge >= 0.3 is 0 Å². The molecule has 1 saturated heterocycles. The molecule has 0 aromatic heterocycles. The molecule has 1 aliphatic heterocycles. The zero-order valence-electron chi connectivity index (χ0n) is 15.4. The topological polar surface area (TPSA) is 32.3 Å². The minimum atomic E-state index is -0.0307. The number of aryl methyl sites for hydroxylation is 1. The third kappa shape index (κ3) is 4.87. The molecule has 4 heteroatoms. The Bertz CT molecular complexity index is 721. The first kappa shape index (κ1) is 18.9. The first-order valence-electron chi connectivity index (χ1n) is 9.48. The molecule has 138 valence electrons. The SMILES string of the molecule is Cc1ccc(C(=O)NC[C@H](c2ccccc2Cl)N2CCCCCC2)cc1. The Labute approximate surface area is 161 Å². The molecule has 1 fully saturated rings. The van der Waals surface area contributed by atoms with Gasteiger partial charge in [-0.3, -0.25) is 9.69 Å². The monoisotopic (exact) mass is 370 g/mol. The van der Waals surface area contributed by atoms with Crippen LogP contribution < -0.4 is 5.32 Å². The number of likely N-dealkylation sites (tertiary alicyclic amines) is 1. The number of hydrogen-bond acceptors (Lipinski definition) is 2. The van der Waals surface area contributed by atoms with Gasteiger partial charge in [0.15, 0.2) is 0 Å². The van der Waals surface area contributed by atoms with E-state index in [0.29, 0.717) is 12.1 Å². The average molecular weight is 371 g/mol. The Morgan fingerprint density at radius 3 is 2.35 bits per heavy atom. The maximum atomic E-state index is 12.6. The second-order valence-electron chi connectivity index (χ2n) is 7.06. The van der Waals surface area contributed by atoms with Crippen LogP contribution >= 0.6 is 11.6 Å². The van der Waals surface area contributed by atoms with Crippen molar-refractivity contribution in [1.82, 2.24) is 10.2 Å². The van der Waals surface area contributed by atoms with E-state index in [9.17, 15) is 4.79 Å². The summed E-state index contributed by atoms with van der Waals surface area (Å²) in [4.78, 5) is 15.0. The summed E-state index contributed by atoms with van der Waals surface area (Å²) in [6.45, 7) is 4.69. The van der Waals surface area contributed by atoms with Crippen molar-refractivity contribution < 1.29 is 4.79 Å². The van der Waals surface area contributed by atoms with Gasteiger partial charge in [0, 0.05) is 17.1 Å². The molecule has 26 heavy (non-hydrogen) atoms. The van der Waals surface area contributed by atoms with Crippen LogP contribution in [-0.2, 0) is 0 Å². The summed E-state index contributed by atoms with van der Waals surface area (Å²) in [6, 6.07) is 15.8. The van der Waals surface area contributed by atoms with Gasteiger partial charge in [0.1, 0.15) is 0 Å². The standard InChI is InChI=1S/C22H27ClN2O/c1-17-10-12-18(13-11-17)22(26)24-16-21(19-8-4-5-9-20(19)23)25-14-6-2-3-7-15-25/h4-5,8-13,21H,2-3,6-7,14-16H2,1H3,(H,24,26)/t21-/m1/s1. The summed E-state index contributed by atoms with van der Waals surface area (Å²) in [7, 11) is 0. The van der Waals surface area contributed by atoms with Crippen LogP contribution in [-0.4, -0.2) is 30.4 Å². The van der Waals surface area contributed by atoms with Gasteiger partial charge in [-0.1, -0.05) is 60.3 Å². The zero-order valence-corrected chi connectivity index (χ0v) is 16.1. The Hall–Kier alpha value is -1.84. The Balaban J connectivity index is 1.76. The second-order valence-corrected chi connectivity index (χ2v) is 7.47. The number of amides is 1. The molecule has 0 unspecified atom stereocenters. The molecule has 1 N–H and O–H groups in total. The Morgan fingerprint density at radius 1 is 1.04 bits per heavy atom. The Kier molecular flexibility index (Phi) is 6.70. The van der Waals surface area contributed by atoms with Crippen LogP contribution in [0, 0.1) is 6.92 Å². The lowest BCUT2D eigenvalue weighted by Gasteiger charge is -2.31. The normalized spacial score (nSPS) is 16.7. The Morgan fingerprint density at radius 2 is 1.69 bits per heavy atom. The number of nitrogens with zero attached hydrogens (tertiary/aromatic N) is 1. The fraction of sp³-hybridized carbons (Fsp3) is 0.409. The van der Waals surface area contributed by atoms with E-state index in [1.54, 1.807) is 0 Å². The molecule has 0 bridgehead atoms. The van der Waals surface area contributed by atoms with Crippen molar-refractivity contribution in [3.8, 4) is 0 Å². The molecule has 3 nitrogen and oxygen atoms in total. The highest BCUT2D eigenvalue weighted by Crippen LogP contribution is 2.29.